The zero-order valence-corrected chi connectivity index (χ0v) is 9.77. The maximum atomic E-state index is 5.69. The SMILES string of the molecule is Cc1ccc([C@H](C)c2ccc(N)cc2)cc1. The second-order valence-corrected chi connectivity index (χ2v) is 4.30. The van der Waals surface area contributed by atoms with Crippen LogP contribution in [0.5, 0.6) is 0 Å². The molecule has 0 amide bonds. The van der Waals surface area contributed by atoms with Crippen LogP contribution in [0.4, 0.5) is 5.69 Å². The van der Waals surface area contributed by atoms with Crippen molar-refractivity contribution >= 4 is 5.69 Å². The number of benzene rings is 2. The molecular formula is C15H17N. The Morgan fingerprint density at radius 3 is 1.75 bits per heavy atom. The molecule has 0 radical (unpaired) electrons. The summed E-state index contributed by atoms with van der Waals surface area (Å²) < 4.78 is 0. The highest BCUT2D eigenvalue weighted by molar-refractivity contribution is 5.42. The Balaban J connectivity index is 2.28. The normalized spacial score (nSPS) is 12.4. The van der Waals surface area contributed by atoms with E-state index in [0.29, 0.717) is 5.92 Å². The molecule has 82 valence electrons. The van der Waals surface area contributed by atoms with Gasteiger partial charge in [0.25, 0.3) is 0 Å². The van der Waals surface area contributed by atoms with E-state index >= 15 is 0 Å². The van der Waals surface area contributed by atoms with Gasteiger partial charge in [0.1, 0.15) is 0 Å². The number of nitrogen functional groups attached to an aromatic ring is 1. The number of anilines is 1. The molecule has 0 aromatic heterocycles. The minimum Gasteiger partial charge on any atom is -0.399 e. The van der Waals surface area contributed by atoms with Crippen molar-refractivity contribution in [1.82, 2.24) is 0 Å². The lowest BCUT2D eigenvalue weighted by molar-refractivity contribution is 0.922. The molecule has 2 N–H and O–H groups in total. The zero-order chi connectivity index (χ0) is 11.5. The molecule has 0 heterocycles. The van der Waals surface area contributed by atoms with Gasteiger partial charge in [-0.1, -0.05) is 48.9 Å². The Morgan fingerprint density at radius 1 is 0.812 bits per heavy atom. The summed E-state index contributed by atoms with van der Waals surface area (Å²) in [5.41, 5.74) is 10.5. The molecule has 0 aliphatic rings. The fourth-order valence-electron chi connectivity index (χ4n) is 1.83. The van der Waals surface area contributed by atoms with E-state index in [4.69, 9.17) is 5.73 Å². The summed E-state index contributed by atoms with van der Waals surface area (Å²) in [5.74, 6) is 0.418. The van der Waals surface area contributed by atoms with Crippen molar-refractivity contribution in [2.45, 2.75) is 19.8 Å². The number of hydrogen-bond donors (Lipinski definition) is 1. The van der Waals surface area contributed by atoms with Crippen LogP contribution in [0.25, 0.3) is 0 Å². The van der Waals surface area contributed by atoms with Gasteiger partial charge in [0, 0.05) is 11.6 Å². The molecule has 2 aromatic rings. The predicted octanol–water partition coefficient (Wildman–Crippen LogP) is 3.73. The van der Waals surface area contributed by atoms with E-state index in [-0.39, 0.29) is 0 Å². The Hall–Kier alpha value is -1.76. The summed E-state index contributed by atoms with van der Waals surface area (Å²) in [4.78, 5) is 0. The molecule has 0 unspecified atom stereocenters. The lowest BCUT2D eigenvalue weighted by atomic mass is 9.92. The average molecular weight is 211 g/mol. The van der Waals surface area contributed by atoms with Crippen LogP contribution in [0.1, 0.15) is 29.5 Å². The Labute approximate surface area is 96.9 Å². The number of nitrogens with two attached hydrogens (primary N) is 1. The number of rotatable bonds is 2. The van der Waals surface area contributed by atoms with Crippen molar-refractivity contribution in [2.75, 3.05) is 5.73 Å². The first-order chi connectivity index (χ1) is 7.66. The van der Waals surface area contributed by atoms with Crippen LogP contribution in [-0.4, -0.2) is 0 Å². The van der Waals surface area contributed by atoms with Crippen LogP contribution in [0.15, 0.2) is 48.5 Å². The highest BCUT2D eigenvalue weighted by Gasteiger charge is 2.07. The minimum absolute atomic E-state index is 0.418. The lowest BCUT2D eigenvalue weighted by Gasteiger charge is -2.12. The molecule has 0 fully saturated rings. The molecule has 0 bridgehead atoms. The van der Waals surface area contributed by atoms with E-state index in [0.717, 1.165) is 5.69 Å². The van der Waals surface area contributed by atoms with E-state index in [1.165, 1.54) is 16.7 Å². The Bertz CT molecular complexity index is 408. The Kier molecular flexibility index (Phi) is 2.95. The summed E-state index contributed by atoms with van der Waals surface area (Å²) in [6.07, 6.45) is 0. The highest BCUT2D eigenvalue weighted by Crippen LogP contribution is 2.24. The van der Waals surface area contributed by atoms with Crippen LogP contribution < -0.4 is 5.73 Å². The van der Waals surface area contributed by atoms with E-state index in [9.17, 15) is 0 Å². The van der Waals surface area contributed by atoms with Gasteiger partial charge in [-0.15, -0.1) is 0 Å². The first kappa shape index (κ1) is 10.7. The van der Waals surface area contributed by atoms with Crippen molar-refractivity contribution < 1.29 is 0 Å². The molecule has 16 heavy (non-hydrogen) atoms. The van der Waals surface area contributed by atoms with Crippen molar-refractivity contribution in [3.8, 4) is 0 Å². The molecule has 0 spiro atoms. The van der Waals surface area contributed by atoms with Gasteiger partial charge >= 0.3 is 0 Å². The van der Waals surface area contributed by atoms with Gasteiger partial charge in [0.05, 0.1) is 0 Å². The largest absolute Gasteiger partial charge is 0.399 e. The summed E-state index contributed by atoms with van der Waals surface area (Å²) >= 11 is 0. The summed E-state index contributed by atoms with van der Waals surface area (Å²) in [6, 6.07) is 16.8. The molecule has 0 aliphatic heterocycles. The molecule has 1 heteroatoms. The van der Waals surface area contributed by atoms with Crippen LogP contribution in [0.2, 0.25) is 0 Å². The quantitative estimate of drug-likeness (QED) is 0.752. The van der Waals surface area contributed by atoms with Crippen molar-refractivity contribution in [3.63, 3.8) is 0 Å². The third-order valence-electron chi connectivity index (χ3n) is 3.01. The summed E-state index contributed by atoms with van der Waals surface area (Å²) in [5, 5.41) is 0. The number of hydrogen-bond acceptors (Lipinski definition) is 1. The summed E-state index contributed by atoms with van der Waals surface area (Å²) in [7, 11) is 0. The number of aryl methyl sites for hydroxylation is 1. The fourth-order valence-corrected chi connectivity index (χ4v) is 1.83. The van der Waals surface area contributed by atoms with Gasteiger partial charge in [-0.05, 0) is 30.2 Å². The molecule has 0 saturated heterocycles. The first-order valence-corrected chi connectivity index (χ1v) is 5.59. The van der Waals surface area contributed by atoms with E-state index in [1.54, 1.807) is 0 Å². The first-order valence-electron chi connectivity index (χ1n) is 5.59. The summed E-state index contributed by atoms with van der Waals surface area (Å²) in [6.45, 7) is 4.33. The second kappa shape index (κ2) is 4.40. The minimum atomic E-state index is 0.418. The molecule has 0 saturated carbocycles. The topological polar surface area (TPSA) is 26.0 Å². The van der Waals surface area contributed by atoms with Crippen LogP contribution in [-0.2, 0) is 0 Å². The Morgan fingerprint density at radius 2 is 1.25 bits per heavy atom. The molecular weight excluding hydrogens is 194 g/mol. The molecule has 2 rings (SSSR count). The van der Waals surface area contributed by atoms with Gasteiger partial charge in [0.15, 0.2) is 0 Å². The van der Waals surface area contributed by atoms with E-state index in [1.807, 2.05) is 12.1 Å². The molecule has 1 nitrogen and oxygen atoms in total. The zero-order valence-electron chi connectivity index (χ0n) is 9.77. The highest BCUT2D eigenvalue weighted by atomic mass is 14.5. The molecule has 2 aromatic carbocycles. The van der Waals surface area contributed by atoms with Gasteiger partial charge in [-0.25, -0.2) is 0 Å². The monoisotopic (exact) mass is 211 g/mol. The van der Waals surface area contributed by atoms with Crippen LogP contribution in [0.3, 0.4) is 0 Å². The van der Waals surface area contributed by atoms with Crippen LogP contribution >= 0.6 is 0 Å². The van der Waals surface area contributed by atoms with Crippen molar-refractivity contribution in [3.05, 3.63) is 65.2 Å². The van der Waals surface area contributed by atoms with E-state index in [2.05, 4.69) is 50.2 Å². The fraction of sp³-hybridized carbons (Fsp3) is 0.200. The van der Waals surface area contributed by atoms with Crippen molar-refractivity contribution in [2.24, 2.45) is 0 Å². The standard InChI is InChI=1S/C15H17N/c1-11-3-5-13(6-4-11)12(2)14-7-9-15(16)10-8-14/h3-10,12H,16H2,1-2H3/t12-/m0/s1. The molecule has 1 atom stereocenters. The van der Waals surface area contributed by atoms with Gasteiger partial charge in [0.2, 0.25) is 0 Å². The average Bonchev–Trinajstić information content (AvgIpc) is 2.30. The maximum absolute atomic E-state index is 5.69. The third-order valence-corrected chi connectivity index (χ3v) is 3.01. The van der Waals surface area contributed by atoms with Crippen LogP contribution in [0, 0.1) is 6.92 Å². The van der Waals surface area contributed by atoms with E-state index < -0.39 is 0 Å². The van der Waals surface area contributed by atoms with Crippen molar-refractivity contribution in [1.29, 1.82) is 0 Å². The molecule has 0 aliphatic carbocycles. The van der Waals surface area contributed by atoms with Gasteiger partial charge < -0.3 is 5.73 Å². The maximum Gasteiger partial charge on any atom is 0.0314 e. The van der Waals surface area contributed by atoms with Gasteiger partial charge in [-0.2, -0.15) is 0 Å². The lowest BCUT2D eigenvalue weighted by Crippen LogP contribution is -1.96. The smallest absolute Gasteiger partial charge is 0.0314 e. The second-order valence-electron chi connectivity index (χ2n) is 4.30. The van der Waals surface area contributed by atoms with Gasteiger partial charge in [-0.3, -0.25) is 0 Å². The third kappa shape index (κ3) is 2.25. The predicted molar refractivity (Wildman–Crippen MR) is 69.6 cm³/mol.